The van der Waals surface area contributed by atoms with Crippen molar-refractivity contribution in [3.63, 3.8) is 0 Å². The van der Waals surface area contributed by atoms with E-state index in [-0.39, 0.29) is 0 Å². The summed E-state index contributed by atoms with van der Waals surface area (Å²) in [6, 6.07) is 4.99. The van der Waals surface area contributed by atoms with Crippen LogP contribution in [0.15, 0.2) is 22.7 Å². The molecule has 98 valence electrons. The fourth-order valence-electron chi connectivity index (χ4n) is 2.41. The first-order valence-electron chi connectivity index (χ1n) is 5.83. The lowest BCUT2D eigenvalue weighted by Gasteiger charge is -2.42. The molecule has 2 rings (SSSR count). The molecule has 0 aromatic heterocycles. The average Bonchev–Trinajstić information content (AvgIpc) is 2.26. The Morgan fingerprint density at radius 1 is 1.56 bits per heavy atom. The van der Waals surface area contributed by atoms with Gasteiger partial charge in [-0.25, -0.2) is 0 Å². The van der Waals surface area contributed by atoms with Gasteiger partial charge in [-0.2, -0.15) is 0 Å². The molecule has 18 heavy (non-hydrogen) atoms. The van der Waals surface area contributed by atoms with E-state index in [9.17, 15) is 9.90 Å². The molecule has 0 radical (unpaired) electrons. The van der Waals surface area contributed by atoms with Gasteiger partial charge in [0.2, 0.25) is 0 Å². The third-order valence-corrected chi connectivity index (χ3v) is 4.42. The monoisotopic (exact) mass is 313 g/mol. The highest BCUT2D eigenvalue weighted by molar-refractivity contribution is 9.10. The smallest absolute Gasteiger partial charge is 0.311 e. The maximum atomic E-state index is 11.4. The molecule has 0 aliphatic heterocycles. The number of hydrogen-bond acceptors (Lipinski definition) is 3. The predicted octanol–water partition coefficient (Wildman–Crippen LogP) is 2.71. The molecule has 0 bridgehead atoms. The second kappa shape index (κ2) is 4.90. The van der Waals surface area contributed by atoms with E-state index in [0.717, 1.165) is 16.5 Å². The summed E-state index contributed by atoms with van der Waals surface area (Å²) in [4.78, 5) is 11.4. The number of carboxylic acids is 1. The first-order chi connectivity index (χ1) is 8.51. The van der Waals surface area contributed by atoms with Crippen molar-refractivity contribution < 1.29 is 14.6 Å². The topological polar surface area (TPSA) is 72.5 Å². The van der Waals surface area contributed by atoms with Crippen LogP contribution in [0.4, 0.5) is 0 Å². The van der Waals surface area contributed by atoms with E-state index in [2.05, 4.69) is 15.9 Å². The molecule has 1 saturated carbocycles. The van der Waals surface area contributed by atoms with Crippen molar-refractivity contribution in [1.29, 1.82) is 0 Å². The van der Waals surface area contributed by atoms with Gasteiger partial charge in [0.1, 0.15) is 5.75 Å². The highest BCUT2D eigenvalue weighted by Gasteiger charge is 2.49. The predicted molar refractivity (Wildman–Crippen MR) is 71.5 cm³/mol. The van der Waals surface area contributed by atoms with E-state index in [1.54, 1.807) is 13.2 Å². The molecule has 0 saturated heterocycles. The Kier molecular flexibility index (Phi) is 3.64. The molecular formula is C13H16BrNO3. The van der Waals surface area contributed by atoms with Crippen molar-refractivity contribution in [3.05, 3.63) is 28.2 Å². The summed E-state index contributed by atoms with van der Waals surface area (Å²) in [6.45, 7) is 0. The van der Waals surface area contributed by atoms with Crippen LogP contribution in [0.2, 0.25) is 0 Å². The van der Waals surface area contributed by atoms with Crippen LogP contribution < -0.4 is 10.5 Å². The van der Waals surface area contributed by atoms with Crippen molar-refractivity contribution in [2.45, 2.75) is 25.3 Å². The Morgan fingerprint density at radius 2 is 2.22 bits per heavy atom. The number of carboxylic acid groups (broad SMARTS) is 1. The number of hydrogen-bond donors (Lipinski definition) is 2. The standard InChI is InChI=1S/C13H16BrNO3/c1-18-10-4-3-8(7-9(10)14)11(15)13(12(16)17)5-2-6-13/h3-4,7,11H,2,5-6,15H2,1H3,(H,16,17). The van der Waals surface area contributed by atoms with Gasteiger partial charge in [-0.15, -0.1) is 0 Å². The summed E-state index contributed by atoms with van der Waals surface area (Å²) in [5, 5.41) is 9.37. The zero-order valence-corrected chi connectivity index (χ0v) is 11.7. The number of carbonyl (C=O) groups is 1. The highest BCUT2D eigenvalue weighted by atomic mass is 79.9. The molecule has 1 atom stereocenters. The Hall–Kier alpha value is -1.07. The molecule has 1 aliphatic rings. The summed E-state index contributed by atoms with van der Waals surface area (Å²) >= 11 is 3.39. The van der Waals surface area contributed by atoms with Gasteiger partial charge in [-0.05, 0) is 46.5 Å². The van der Waals surface area contributed by atoms with Crippen molar-refractivity contribution in [1.82, 2.24) is 0 Å². The lowest BCUT2D eigenvalue weighted by molar-refractivity contribution is -0.156. The zero-order chi connectivity index (χ0) is 13.3. The van der Waals surface area contributed by atoms with Crippen molar-refractivity contribution >= 4 is 21.9 Å². The first kappa shape index (κ1) is 13.4. The van der Waals surface area contributed by atoms with Crippen molar-refractivity contribution in [2.24, 2.45) is 11.1 Å². The Morgan fingerprint density at radius 3 is 2.61 bits per heavy atom. The number of ether oxygens (including phenoxy) is 1. The lowest BCUT2D eigenvalue weighted by atomic mass is 9.62. The van der Waals surface area contributed by atoms with Crippen LogP contribution in [0.25, 0.3) is 0 Å². The lowest BCUT2D eigenvalue weighted by Crippen LogP contribution is -2.46. The van der Waals surface area contributed by atoms with Crippen LogP contribution in [-0.2, 0) is 4.79 Å². The number of halogens is 1. The number of nitrogens with two attached hydrogens (primary N) is 1. The van der Waals surface area contributed by atoms with Gasteiger partial charge in [-0.3, -0.25) is 4.79 Å². The highest BCUT2D eigenvalue weighted by Crippen LogP contribution is 2.49. The zero-order valence-electron chi connectivity index (χ0n) is 10.1. The van der Waals surface area contributed by atoms with Crippen molar-refractivity contribution in [2.75, 3.05) is 7.11 Å². The molecule has 0 heterocycles. The quantitative estimate of drug-likeness (QED) is 0.896. The van der Waals surface area contributed by atoms with Crippen LogP contribution in [0, 0.1) is 5.41 Å². The van der Waals surface area contributed by atoms with E-state index in [4.69, 9.17) is 10.5 Å². The molecule has 5 heteroatoms. The number of benzene rings is 1. The van der Waals surface area contributed by atoms with E-state index in [1.165, 1.54) is 0 Å². The van der Waals surface area contributed by atoms with Gasteiger partial charge in [-0.1, -0.05) is 12.5 Å². The molecule has 1 aromatic rings. The second-order valence-electron chi connectivity index (χ2n) is 4.69. The molecule has 1 aliphatic carbocycles. The largest absolute Gasteiger partial charge is 0.496 e. The molecule has 4 nitrogen and oxygen atoms in total. The van der Waals surface area contributed by atoms with E-state index < -0.39 is 17.4 Å². The molecule has 0 spiro atoms. The summed E-state index contributed by atoms with van der Waals surface area (Å²) < 4.78 is 5.94. The minimum atomic E-state index is -0.798. The van der Waals surface area contributed by atoms with Gasteiger partial charge < -0.3 is 15.6 Å². The normalized spacial score (nSPS) is 18.8. The average molecular weight is 314 g/mol. The van der Waals surface area contributed by atoms with Gasteiger partial charge in [0, 0.05) is 6.04 Å². The van der Waals surface area contributed by atoms with E-state index >= 15 is 0 Å². The van der Waals surface area contributed by atoms with E-state index in [0.29, 0.717) is 18.6 Å². The summed E-state index contributed by atoms with van der Waals surface area (Å²) in [5.74, 6) is -0.0860. The van der Waals surface area contributed by atoms with Gasteiger partial charge in [0.15, 0.2) is 0 Å². The van der Waals surface area contributed by atoms with E-state index in [1.807, 2.05) is 12.1 Å². The summed E-state index contributed by atoms with van der Waals surface area (Å²) in [7, 11) is 1.59. The Balaban J connectivity index is 2.31. The molecule has 0 amide bonds. The molecule has 1 aromatic carbocycles. The van der Waals surface area contributed by atoms with Gasteiger partial charge >= 0.3 is 5.97 Å². The maximum absolute atomic E-state index is 11.4. The second-order valence-corrected chi connectivity index (χ2v) is 5.54. The van der Waals surface area contributed by atoms with Crippen LogP contribution in [0.5, 0.6) is 5.75 Å². The molecular weight excluding hydrogens is 298 g/mol. The Bertz CT molecular complexity index is 471. The van der Waals surface area contributed by atoms with Gasteiger partial charge in [0.25, 0.3) is 0 Å². The number of methoxy groups -OCH3 is 1. The van der Waals surface area contributed by atoms with Gasteiger partial charge in [0.05, 0.1) is 17.0 Å². The fraction of sp³-hybridized carbons (Fsp3) is 0.462. The SMILES string of the molecule is COc1ccc(C(N)C2(C(=O)O)CCC2)cc1Br. The summed E-state index contributed by atoms with van der Waals surface area (Å²) in [5.41, 5.74) is 6.18. The summed E-state index contributed by atoms with van der Waals surface area (Å²) in [6.07, 6.45) is 2.22. The fourth-order valence-corrected chi connectivity index (χ4v) is 2.97. The van der Waals surface area contributed by atoms with Crippen LogP contribution in [0.3, 0.4) is 0 Å². The minimum Gasteiger partial charge on any atom is -0.496 e. The first-order valence-corrected chi connectivity index (χ1v) is 6.63. The third kappa shape index (κ3) is 2.01. The maximum Gasteiger partial charge on any atom is 0.311 e. The van der Waals surface area contributed by atoms with Crippen LogP contribution >= 0.6 is 15.9 Å². The molecule has 3 N–H and O–H groups in total. The minimum absolute atomic E-state index is 0.481. The van der Waals surface area contributed by atoms with Crippen LogP contribution in [0.1, 0.15) is 30.9 Å². The van der Waals surface area contributed by atoms with Crippen LogP contribution in [-0.4, -0.2) is 18.2 Å². The molecule has 1 unspecified atom stereocenters. The van der Waals surface area contributed by atoms with Crippen molar-refractivity contribution in [3.8, 4) is 5.75 Å². The Labute approximate surface area is 114 Å². The number of aliphatic carboxylic acids is 1. The third-order valence-electron chi connectivity index (χ3n) is 3.80. The molecule has 1 fully saturated rings. The number of rotatable bonds is 4.